The Kier molecular flexibility index (Phi) is 4.18. The Hall–Kier alpha value is -1.13. The van der Waals surface area contributed by atoms with Gasteiger partial charge in [0.05, 0.1) is 11.7 Å². The Bertz CT molecular complexity index is 500. The van der Waals surface area contributed by atoms with Crippen LogP contribution in [0.15, 0.2) is 18.2 Å². The third-order valence-electron chi connectivity index (χ3n) is 4.17. The first-order valence-corrected chi connectivity index (χ1v) is 7.85. The first kappa shape index (κ1) is 14.8. The number of rotatable bonds is 6. The van der Waals surface area contributed by atoms with Gasteiger partial charge in [0, 0.05) is 18.2 Å². The van der Waals surface area contributed by atoms with E-state index in [1.54, 1.807) is 6.07 Å². The molecule has 0 spiro atoms. The van der Waals surface area contributed by atoms with Crippen molar-refractivity contribution in [2.24, 2.45) is 0 Å². The smallest absolute Gasteiger partial charge is 0.165 e. The molecule has 4 heteroatoms. The Morgan fingerprint density at radius 1 is 1.33 bits per heavy atom. The molecule has 0 radical (unpaired) electrons. The highest BCUT2D eigenvalue weighted by Crippen LogP contribution is 2.31. The van der Waals surface area contributed by atoms with Gasteiger partial charge in [0.15, 0.2) is 11.6 Å². The van der Waals surface area contributed by atoms with E-state index in [1.807, 2.05) is 6.07 Å². The molecule has 1 atom stereocenters. The summed E-state index contributed by atoms with van der Waals surface area (Å²) in [5, 5.41) is 3.40. The van der Waals surface area contributed by atoms with Crippen LogP contribution in [-0.2, 0) is 11.3 Å². The van der Waals surface area contributed by atoms with Gasteiger partial charge in [-0.1, -0.05) is 12.1 Å². The van der Waals surface area contributed by atoms with E-state index in [0.29, 0.717) is 24.9 Å². The maximum absolute atomic E-state index is 14.0. The quantitative estimate of drug-likeness (QED) is 0.872. The van der Waals surface area contributed by atoms with Crippen LogP contribution >= 0.6 is 0 Å². The average Bonchev–Trinajstić information content (AvgIpc) is 3.19. The van der Waals surface area contributed by atoms with Gasteiger partial charge in [0.1, 0.15) is 6.61 Å². The molecule has 2 fully saturated rings. The van der Waals surface area contributed by atoms with Gasteiger partial charge >= 0.3 is 0 Å². The predicted octanol–water partition coefficient (Wildman–Crippen LogP) is 3.41. The van der Waals surface area contributed by atoms with Gasteiger partial charge in [0.2, 0.25) is 0 Å². The van der Waals surface area contributed by atoms with Crippen molar-refractivity contribution in [1.82, 2.24) is 5.32 Å². The standard InChI is InChI=1S/C17H24FNO2/c1-17(2)9-8-14(21-17)11-20-16-12(4-3-5-15(16)18)10-19-13-6-7-13/h3-5,13-14,19H,6-11H2,1-2H3. The van der Waals surface area contributed by atoms with E-state index < -0.39 is 0 Å². The highest BCUT2D eigenvalue weighted by molar-refractivity contribution is 5.35. The van der Waals surface area contributed by atoms with E-state index in [9.17, 15) is 4.39 Å². The minimum Gasteiger partial charge on any atom is -0.487 e. The van der Waals surface area contributed by atoms with Gasteiger partial charge in [-0.15, -0.1) is 0 Å². The molecule has 0 amide bonds. The molecular formula is C17H24FNO2. The minimum absolute atomic E-state index is 0.0591. The van der Waals surface area contributed by atoms with E-state index in [2.05, 4.69) is 19.2 Å². The summed E-state index contributed by atoms with van der Waals surface area (Å²) in [6.07, 6.45) is 4.49. The van der Waals surface area contributed by atoms with Crippen LogP contribution in [-0.4, -0.2) is 24.4 Å². The summed E-state index contributed by atoms with van der Waals surface area (Å²) in [5.41, 5.74) is 0.804. The van der Waals surface area contributed by atoms with Gasteiger partial charge in [-0.05, 0) is 45.6 Å². The molecule has 1 saturated heterocycles. The molecule has 2 aliphatic rings. The number of para-hydroxylation sites is 1. The Labute approximate surface area is 125 Å². The molecule has 1 N–H and O–H groups in total. The molecule has 3 rings (SSSR count). The van der Waals surface area contributed by atoms with Crippen molar-refractivity contribution in [3.63, 3.8) is 0 Å². The normalized spacial score (nSPS) is 24.2. The lowest BCUT2D eigenvalue weighted by molar-refractivity contribution is -0.0332. The average molecular weight is 293 g/mol. The van der Waals surface area contributed by atoms with E-state index in [1.165, 1.54) is 18.9 Å². The third-order valence-corrected chi connectivity index (χ3v) is 4.17. The van der Waals surface area contributed by atoms with E-state index in [0.717, 1.165) is 18.4 Å². The van der Waals surface area contributed by atoms with Crippen LogP contribution in [0, 0.1) is 5.82 Å². The second kappa shape index (κ2) is 5.93. The summed E-state index contributed by atoms with van der Waals surface area (Å²) < 4.78 is 25.7. The number of nitrogens with one attached hydrogen (secondary N) is 1. The zero-order valence-electron chi connectivity index (χ0n) is 12.8. The van der Waals surface area contributed by atoms with Gasteiger partial charge in [-0.2, -0.15) is 0 Å². The van der Waals surface area contributed by atoms with Crippen molar-refractivity contribution in [1.29, 1.82) is 0 Å². The summed E-state index contributed by atoms with van der Waals surface area (Å²) in [6, 6.07) is 5.71. The summed E-state index contributed by atoms with van der Waals surface area (Å²) >= 11 is 0. The number of halogens is 1. The number of hydrogen-bond acceptors (Lipinski definition) is 3. The fourth-order valence-electron chi connectivity index (χ4n) is 2.77. The lowest BCUT2D eigenvalue weighted by atomic mass is 10.1. The van der Waals surface area contributed by atoms with Crippen molar-refractivity contribution in [3.8, 4) is 5.75 Å². The molecular weight excluding hydrogens is 269 g/mol. The molecule has 1 unspecified atom stereocenters. The zero-order valence-corrected chi connectivity index (χ0v) is 12.8. The first-order valence-electron chi connectivity index (χ1n) is 7.85. The van der Waals surface area contributed by atoms with Crippen LogP contribution in [0.2, 0.25) is 0 Å². The fourth-order valence-corrected chi connectivity index (χ4v) is 2.77. The van der Waals surface area contributed by atoms with Crippen LogP contribution in [0.4, 0.5) is 4.39 Å². The monoisotopic (exact) mass is 293 g/mol. The number of benzene rings is 1. The topological polar surface area (TPSA) is 30.5 Å². The molecule has 1 aromatic carbocycles. The molecule has 116 valence electrons. The molecule has 1 aromatic rings. The highest BCUT2D eigenvalue weighted by Gasteiger charge is 2.32. The third kappa shape index (κ3) is 3.95. The largest absolute Gasteiger partial charge is 0.487 e. The molecule has 0 bridgehead atoms. The predicted molar refractivity (Wildman–Crippen MR) is 79.9 cm³/mol. The second-order valence-electron chi connectivity index (χ2n) is 6.73. The Balaban J connectivity index is 1.60. The van der Waals surface area contributed by atoms with Crippen molar-refractivity contribution in [3.05, 3.63) is 29.6 Å². The van der Waals surface area contributed by atoms with Crippen molar-refractivity contribution in [2.45, 2.75) is 63.8 Å². The van der Waals surface area contributed by atoms with Gasteiger partial charge < -0.3 is 14.8 Å². The minimum atomic E-state index is -0.289. The Morgan fingerprint density at radius 3 is 2.81 bits per heavy atom. The summed E-state index contributed by atoms with van der Waals surface area (Å²) in [7, 11) is 0. The fraction of sp³-hybridized carbons (Fsp3) is 0.647. The summed E-state index contributed by atoms with van der Waals surface area (Å²) in [5.74, 6) is 0.0845. The van der Waals surface area contributed by atoms with Gasteiger partial charge in [0.25, 0.3) is 0 Å². The van der Waals surface area contributed by atoms with E-state index >= 15 is 0 Å². The van der Waals surface area contributed by atoms with E-state index in [4.69, 9.17) is 9.47 Å². The molecule has 21 heavy (non-hydrogen) atoms. The molecule has 1 saturated carbocycles. The van der Waals surface area contributed by atoms with Crippen molar-refractivity contribution in [2.75, 3.05) is 6.61 Å². The zero-order chi connectivity index (χ0) is 14.9. The lowest BCUT2D eigenvalue weighted by Crippen LogP contribution is -2.24. The Morgan fingerprint density at radius 2 is 2.14 bits per heavy atom. The van der Waals surface area contributed by atoms with Crippen molar-refractivity contribution < 1.29 is 13.9 Å². The SMILES string of the molecule is CC1(C)CCC(COc2c(F)cccc2CNC2CC2)O1. The molecule has 1 aliphatic heterocycles. The van der Waals surface area contributed by atoms with Crippen LogP contribution in [0.5, 0.6) is 5.75 Å². The van der Waals surface area contributed by atoms with Crippen LogP contribution in [0.1, 0.15) is 45.1 Å². The highest BCUT2D eigenvalue weighted by atomic mass is 19.1. The van der Waals surface area contributed by atoms with Crippen LogP contribution in [0.3, 0.4) is 0 Å². The summed E-state index contributed by atoms with van der Waals surface area (Å²) in [4.78, 5) is 0. The van der Waals surface area contributed by atoms with Crippen molar-refractivity contribution >= 4 is 0 Å². The van der Waals surface area contributed by atoms with Gasteiger partial charge in [-0.3, -0.25) is 0 Å². The number of hydrogen-bond donors (Lipinski definition) is 1. The van der Waals surface area contributed by atoms with E-state index in [-0.39, 0.29) is 17.5 Å². The lowest BCUT2D eigenvalue weighted by Gasteiger charge is -2.20. The first-order chi connectivity index (χ1) is 10.0. The van der Waals surface area contributed by atoms with Gasteiger partial charge in [-0.25, -0.2) is 4.39 Å². The summed E-state index contributed by atoms with van der Waals surface area (Å²) in [6.45, 7) is 5.25. The molecule has 1 aliphatic carbocycles. The second-order valence-corrected chi connectivity index (χ2v) is 6.73. The molecule has 1 heterocycles. The maximum Gasteiger partial charge on any atom is 0.165 e. The van der Waals surface area contributed by atoms with Crippen LogP contribution in [0.25, 0.3) is 0 Å². The number of ether oxygens (including phenoxy) is 2. The van der Waals surface area contributed by atoms with Crippen LogP contribution < -0.4 is 10.1 Å². The molecule has 0 aromatic heterocycles. The molecule has 3 nitrogen and oxygen atoms in total. The maximum atomic E-state index is 14.0.